The molecule has 1 saturated heterocycles. The number of aromatic nitrogens is 1. The van der Waals surface area contributed by atoms with Crippen molar-refractivity contribution in [3.05, 3.63) is 12.0 Å². The van der Waals surface area contributed by atoms with Crippen LogP contribution >= 0.6 is 0 Å². The van der Waals surface area contributed by atoms with Crippen LogP contribution in [0, 0.1) is 6.92 Å². The van der Waals surface area contributed by atoms with Crippen LogP contribution in [0.25, 0.3) is 0 Å². The number of nitrogens with zero attached hydrogens (tertiary/aromatic N) is 2. The quantitative estimate of drug-likeness (QED) is 0.691. The van der Waals surface area contributed by atoms with Crippen LogP contribution in [0.3, 0.4) is 0 Å². The maximum atomic E-state index is 5.32. The molecule has 3 nitrogen and oxygen atoms in total. The predicted octanol–water partition coefficient (Wildman–Crippen LogP) is 3.00. The van der Waals surface area contributed by atoms with E-state index < -0.39 is 0 Å². The van der Waals surface area contributed by atoms with E-state index in [0.29, 0.717) is 0 Å². The Morgan fingerprint density at radius 3 is 2.36 bits per heavy atom. The maximum absolute atomic E-state index is 5.32. The van der Waals surface area contributed by atoms with Crippen molar-refractivity contribution in [3.8, 4) is 0 Å². The molecule has 0 spiro atoms. The Bertz CT molecular complexity index is 252. The number of hydrogen-bond acceptors (Lipinski definition) is 3. The van der Waals surface area contributed by atoms with Gasteiger partial charge in [0.05, 0.1) is 5.69 Å². The van der Waals surface area contributed by atoms with Crippen molar-refractivity contribution in [2.45, 2.75) is 40.0 Å². The molecular weight excluding hydrogens is 176 g/mol. The molecule has 1 fully saturated rings. The van der Waals surface area contributed by atoms with Crippen molar-refractivity contribution >= 4 is 6.01 Å². The van der Waals surface area contributed by atoms with Gasteiger partial charge in [-0.1, -0.05) is 13.8 Å². The number of rotatable bonds is 1. The van der Waals surface area contributed by atoms with Gasteiger partial charge in [0.1, 0.15) is 6.26 Å². The van der Waals surface area contributed by atoms with Crippen LogP contribution in [-0.4, -0.2) is 18.1 Å². The first kappa shape index (κ1) is 11.1. The van der Waals surface area contributed by atoms with Gasteiger partial charge < -0.3 is 9.32 Å². The Kier molecular flexibility index (Phi) is 4.50. The van der Waals surface area contributed by atoms with E-state index in [9.17, 15) is 0 Å². The molecule has 0 radical (unpaired) electrons. The fourth-order valence-electron chi connectivity index (χ4n) is 1.57. The lowest BCUT2D eigenvalue weighted by molar-refractivity contribution is 0.491. The molecule has 0 bridgehead atoms. The highest BCUT2D eigenvalue weighted by atomic mass is 16.4. The van der Waals surface area contributed by atoms with Crippen LogP contribution in [0.4, 0.5) is 6.01 Å². The minimum absolute atomic E-state index is 0.798. The highest BCUT2D eigenvalue weighted by Crippen LogP contribution is 2.18. The van der Waals surface area contributed by atoms with Crippen molar-refractivity contribution in [1.29, 1.82) is 0 Å². The van der Waals surface area contributed by atoms with Crippen LogP contribution in [-0.2, 0) is 0 Å². The summed E-state index contributed by atoms with van der Waals surface area (Å²) in [5.41, 5.74) is 0.968. The number of aryl methyl sites for hydroxylation is 1. The van der Waals surface area contributed by atoms with Crippen LogP contribution in [0.5, 0.6) is 0 Å². The Morgan fingerprint density at radius 2 is 1.86 bits per heavy atom. The Labute approximate surface area is 86.1 Å². The summed E-state index contributed by atoms with van der Waals surface area (Å²) in [6, 6.07) is 0.798. The van der Waals surface area contributed by atoms with Gasteiger partial charge in [-0.3, -0.25) is 0 Å². The normalized spacial score (nSPS) is 16.1. The SMILES string of the molecule is CC.Cc1coc(N2CCCCC2)n1. The molecule has 3 heteroatoms. The minimum atomic E-state index is 0.798. The van der Waals surface area contributed by atoms with Gasteiger partial charge in [0.2, 0.25) is 0 Å². The summed E-state index contributed by atoms with van der Waals surface area (Å²) in [5, 5.41) is 0. The highest BCUT2D eigenvalue weighted by molar-refractivity contribution is 5.26. The molecule has 1 aliphatic rings. The molecule has 14 heavy (non-hydrogen) atoms. The third-order valence-electron chi connectivity index (χ3n) is 2.23. The van der Waals surface area contributed by atoms with Crippen LogP contribution in [0.2, 0.25) is 0 Å². The van der Waals surface area contributed by atoms with E-state index in [1.54, 1.807) is 6.26 Å². The van der Waals surface area contributed by atoms with Gasteiger partial charge in [-0.2, -0.15) is 4.98 Å². The second-order valence-electron chi connectivity index (χ2n) is 3.32. The number of hydrogen-bond donors (Lipinski definition) is 0. The molecule has 0 atom stereocenters. The van der Waals surface area contributed by atoms with Crippen LogP contribution in [0.15, 0.2) is 10.7 Å². The first-order chi connectivity index (χ1) is 6.86. The third-order valence-corrected chi connectivity index (χ3v) is 2.23. The summed E-state index contributed by atoms with van der Waals surface area (Å²) in [5.74, 6) is 0. The molecule has 0 aromatic carbocycles. The van der Waals surface area contributed by atoms with E-state index in [-0.39, 0.29) is 0 Å². The highest BCUT2D eigenvalue weighted by Gasteiger charge is 2.14. The molecular formula is C11H20N2O. The van der Waals surface area contributed by atoms with Gasteiger partial charge in [-0.15, -0.1) is 0 Å². The number of anilines is 1. The summed E-state index contributed by atoms with van der Waals surface area (Å²) >= 11 is 0. The second-order valence-corrected chi connectivity index (χ2v) is 3.32. The molecule has 0 unspecified atom stereocenters. The first-order valence-corrected chi connectivity index (χ1v) is 5.53. The summed E-state index contributed by atoms with van der Waals surface area (Å²) in [6.07, 6.45) is 5.59. The third kappa shape index (κ3) is 2.76. The van der Waals surface area contributed by atoms with E-state index in [1.807, 2.05) is 20.8 Å². The minimum Gasteiger partial charge on any atom is -0.432 e. The van der Waals surface area contributed by atoms with E-state index in [0.717, 1.165) is 24.8 Å². The topological polar surface area (TPSA) is 29.3 Å². The van der Waals surface area contributed by atoms with Gasteiger partial charge in [0, 0.05) is 13.1 Å². The molecule has 0 saturated carbocycles. The molecule has 2 heterocycles. The summed E-state index contributed by atoms with van der Waals surface area (Å²) in [7, 11) is 0. The zero-order valence-corrected chi connectivity index (χ0v) is 9.42. The van der Waals surface area contributed by atoms with Crippen LogP contribution < -0.4 is 4.90 Å². The predicted molar refractivity (Wildman–Crippen MR) is 58.7 cm³/mol. The Morgan fingerprint density at radius 1 is 1.21 bits per heavy atom. The largest absolute Gasteiger partial charge is 0.432 e. The summed E-state index contributed by atoms with van der Waals surface area (Å²) in [6.45, 7) is 8.15. The fraction of sp³-hybridized carbons (Fsp3) is 0.727. The average Bonchev–Trinajstić information content (AvgIpc) is 2.69. The fourth-order valence-corrected chi connectivity index (χ4v) is 1.57. The zero-order chi connectivity index (χ0) is 10.4. The monoisotopic (exact) mass is 196 g/mol. The van der Waals surface area contributed by atoms with Crippen molar-refractivity contribution in [3.63, 3.8) is 0 Å². The molecule has 2 rings (SSSR count). The first-order valence-electron chi connectivity index (χ1n) is 5.53. The van der Waals surface area contributed by atoms with Crippen molar-refractivity contribution in [1.82, 2.24) is 4.98 Å². The molecule has 80 valence electrons. The molecule has 0 aliphatic carbocycles. The van der Waals surface area contributed by atoms with Crippen LogP contribution in [0.1, 0.15) is 38.8 Å². The van der Waals surface area contributed by atoms with E-state index in [2.05, 4.69) is 9.88 Å². The van der Waals surface area contributed by atoms with Gasteiger partial charge in [-0.05, 0) is 26.2 Å². The van der Waals surface area contributed by atoms with Crippen molar-refractivity contribution in [2.75, 3.05) is 18.0 Å². The summed E-state index contributed by atoms with van der Waals surface area (Å²) < 4.78 is 5.32. The summed E-state index contributed by atoms with van der Waals surface area (Å²) in [4.78, 5) is 6.51. The molecule has 0 N–H and O–H groups in total. The molecule has 1 aromatic rings. The van der Waals surface area contributed by atoms with Gasteiger partial charge >= 0.3 is 0 Å². The van der Waals surface area contributed by atoms with Crippen molar-refractivity contribution in [2.24, 2.45) is 0 Å². The van der Waals surface area contributed by atoms with Gasteiger partial charge in [-0.25, -0.2) is 0 Å². The Balaban J connectivity index is 0.000000461. The zero-order valence-electron chi connectivity index (χ0n) is 9.42. The molecule has 0 amide bonds. The maximum Gasteiger partial charge on any atom is 0.297 e. The molecule has 1 aliphatic heterocycles. The van der Waals surface area contributed by atoms with Crippen molar-refractivity contribution < 1.29 is 4.42 Å². The smallest absolute Gasteiger partial charge is 0.297 e. The van der Waals surface area contributed by atoms with E-state index >= 15 is 0 Å². The van der Waals surface area contributed by atoms with Gasteiger partial charge in [0.25, 0.3) is 6.01 Å². The Hall–Kier alpha value is -0.990. The lowest BCUT2D eigenvalue weighted by atomic mass is 10.1. The van der Waals surface area contributed by atoms with E-state index in [4.69, 9.17) is 4.42 Å². The second kappa shape index (κ2) is 5.68. The van der Waals surface area contributed by atoms with E-state index in [1.165, 1.54) is 19.3 Å². The number of oxazole rings is 1. The number of piperidine rings is 1. The lowest BCUT2D eigenvalue weighted by Crippen LogP contribution is -2.29. The lowest BCUT2D eigenvalue weighted by Gasteiger charge is -2.24. The molecule has 1 aromatic heterocycles. The standard InChI is InChI=1S/C9H14N2O.C2H6/c1-8-7-12-9(10-8)11-5-3-2-4-6-11;1-2/h7H,2-6H2,1H3;1-2H3. The average molecular weight is 196 g/mol. The van der Waals surface area contributed by atoms with Gasteiger partial charge in [0.15, 0.2) is 0 Å².